The van der Waals surface area contributed by atoms with Crippen molar-refractivity contribution >= 4 is 5.97 Å². The number of aromatic carboxylic acids is 1. The Kier molecular flexibility index (Phi) is 3.18. The van der Waals surface area contributed by atoms with Gasteiger partial charge < -0.3 is 9.84 Å². The first-order valence-electron chi connectivity index (χ1n) is 5.06. The van der Waals surface area contributed by atoms with Crippen molar-refractivity contribution in [2.45, 2.75) is 6.92 Å². The van der Waals surface area contributed by atoms with Gasteiger partial charge in [-0.2, -0.15) is 0 Å². The van der Waals surface area contributed by atoms with Crippen LogP contribution in [0.1, 0.15) is 16.1 Å². The lowest BCUT2D eigenvalue weighted by molar-refractivity contribution is 0.0693. The molecule has 0 spiro atoms. The van der Waals surface area contributed by atoms with Gasteiger partial charge in [0.05, 0.1) is 0 Å². The number of nitrogens with zero attached hydrogens (tertiary/aromatic N) is 2. The molecule has 18 heavy (non-hydrogen) atoms. The molecule has 2 rings (SSSR count). The number of benzene rings is 1. The third kappa shape index (κ3) is 2.60. The van der Waals surface area contributed by atoms with E-state index in [0.29, 0.717) is 5.69 Å². The summed E-state index contributed by atoms with van der Waals surface area (Å²) in [6.07, 6.45) is 1.49. The Bertz CT molecular complexity index is 602. The van der Waals surface area contributed by atoms with Gasteiger partial charge in [0.1, 0.15) is 17.1 Å². The van der Waals surface area contributed by atoms with Gasteiger partial charge in [0, 0.05) is 11.9 Å². The molecule has 0 amide bonds. The lowest BCUT2D eigenvalue weighted by Crippen LogP contribution is -2.02. The number of aromatic nitrogens is 2. The highest BCUT2D eigenvalue weighted by molar-refractivity contribution is 5.90. The molecule has 5 nitrogen and oxygen atoms in total. The quantitative estimate of drug-likeness (QED) is 0.902. The molecule has 0 radical (unpaired) electrons. The molecule has 0 unspecified atom stereocenters. The van der Waals surface area contributed by atoms with E-state index in [9.17, 15) is 9.18 Å². The van der Waals surface area contributed by atoms with Crippen LogP contribution in [-0.2, 0) is 0 Å². The van der Waals surface area contributed by atoms with Gasteiger partial charge in [0.15, 0.2) is 0 Å². The molecule has 0 aliphatic heterocycles. The summed E-state index contributed by atoms with van der Waals surface area (Å²) in [6.45, 7) is 1.75. The van der Waals surface area contributed by atoms with Gasteiger partial charge in [-0.25, -0.2) is 19.2 Å². The first-order chi connectivity index (χ1) is 8.56. The summed E-state index contributed by atoms with van der Waals surface area (Å²) < 4.78 is 18.2. The van der Waals surface area contributed by atoms with Crippen LogP contribution in [0.2, 0.25) is 0 Å². The number of hydrogen-bond donors (Lipinski definition) is 1. The zero-order chi connectivity index (χ0) is 13.1. The molecule has 1 N–H and O–H groups in total. The smallest absolute Gasteiger partial charge is 0.339 e. The zero-order valence-electron chi connectivity index (χ0n) is 9.42. The monoisotopic (exact) mass is 248 g/mol. The minimum atomic E-state index is -1.28. The van der Waals surface area contributed by atoms with Crippen molar-refractivity contribution in [3.8, 4) is 11.8 Å². The lowest BCUT2D eigenvalue weighted by atomic mass is 10.2. The average molecular weight is 248 g/mol. The number of carboxylic acid groups (broad SMARTS) is 1. The second-order valence-corrected chi connectivity index (χ2v) is 3.53. The fourth-order valence-corrected chi connectivity index (χ4v) is 1.33. The van der Waals surface area contributed by atoms with Crippen LogP contribution in [-0.4, -0.2) is 21.0 Å². The molecule has 0 aliphatic carbocycles. The zero-order valence-corrected chi connectivity index (χ0v) is 9.42. The summed E-state index contributed by atoms with van der Waals surface area (Å²) in [5.74, 6) is -1.93. The highest BCUT2D eigenvalue weighted by Gasteiger charge is 2.14. The van der Waals surface area contributed by atoms with E-state index in [4.69, 9.17) is 9.84 Å². The Morgan fingerprint density at radius 1 is 1.39 bits per heavy atom. The highest BCUT2D eigenvalue weighted by atomic mass is 19.1. The van der Waals surface area contributed by atoms with Crippen molar-refractivity contribution < 1.29 is 19.0 Å². The molecule has 0 saturated carbocycles. The lowest BCUT2D eigenvalue weighted by Gasteiger charge is -2.07. The Morgan fingerprint density at radius 3 is 2.83 bits per heavy atom. The predicted molar refractivity (Wildman–Crippen MR) is 60.2 cm³/mol. The van der Waals surface area contributed by atoms with Gasteiger partial charge in [-0.1, -0.05) is 0 Å². The molecule has 0 bridgehead atoms. The van der Waals surface area contributed by atoms with Gasteiger partial charge in [-0.05, 0) is 31.2 Å². The molecular formula is C12H9FN2O3. The predicted octanol–water partition coefficient (Wildman–Crippen LogP) is 2.41. The number of aryl methyl sites for hydroxylation is 1. The van der Waals surface area contributed by atoms with Crippen molar-refractivity contribution in [1.29, 1.82) is 0 Å². The number of carboxylic acids is 1. The summed E-state index contributed by atoms with van der Waals surface area (Å²) in [4.78, 5) is 18.8. The molecule has 1 aromatic heterocycles. The van der Waals surface area contributed by atoms with Crippen LogP contribution in [0.5, 0.6) is 11.8 Å². The number of halogens is 1. The largest absolute Gasteiger partial charge is 0.478 e. The van der Waals surface area contributed by atoms with Gasteiger partial charge in [-0.15, -0.1) is 0 Å². The SMILES string of the molecule is Cc1ccnc(Oc2ccc(F)cc2C(=O)O)n1. The van der Waals surface area contributed by atoms with Crippen molar-refractivity contribution in [2.24, 2.45) is 0 Å². The standard InChI is InChI=1S/C12H9FN2O3/c1-7-4-5-14-12(15-7)18-10-3-2-8(13)6-9(10)11(16)17/h2-6H,1H3,(H,16,17). The Morgan fingerprint density at radius 2 is 2.17 bits per heavy atom. The Labute approximate surface area is 102 Å². The van der Waals surface area contributed by atoms with Crippen LogP contribution in [0.4, 0.5) is 4.39 Å². The minimum absolute atomic E-state index is 0.00509. The van der Waals surface area contributed by atoms with E-state index in [1.54, 1.807) is 13.0 Å². The summed E-state index contributed by atoms with van der Waals surface area (Å²) >= 11 is 0. The van der Waals surface area contributed by atoms with E-state index in [1.807, 2.05) is 0 Å². The van der Waals surface area contributed by atoms with Crippen molar-refractivity contribution in [1.82, 2.24) is 9.97 Å². The molecule has 1 aromatic carbocycles. The summed E-state index contributed by atoms with van der Waals surface area (Å²) in [6, 6.07) is 4.91. The fraction of sp³-hybridized carbons (Fsp3) is 0.0833. The van der Waals surface area contributed by atoms with E-state index in [1.165, 1.54) is 12.3 Å². The normalized spacial score (nSPS) is 10.1. The van der Waals surface area contributed by atoms with Gasteiger partial charge in [0.2, 0.25) is 0 Å². The molecule has 2 aromatic rings. The molecule has 0 saturated heterocycles. The fourth-order valence-electron chi connectivity index (χ4n) is 1.33. The maximum atomic E-state index is 13.0. The van der Waals surface area contributed by atoms with Crippen molar-refractivity contribution in [3.05, 3.63) is 47.5 Å². The molecule has 92 valence electrons. The second-order valence-electron chi connectivity index (χ2n) is 3.53. The van der Waals surface area contributed by atoms with Crippen LogP contribution in [0, 0.1) is 12.7 Å². The molecule has 1 heterocycles. The van der Waals surface area contributed by atoms with Gasteiger partial charge in [-0.3, -0.25) is 0 Å². The maximum absolute atomic E-state index is 13.0. The summed E-state index contributed by atoms with van der Waals surface area (Å²) in [5.41, 5.74) is 0.402. The van der Waals surface area contributed by atoms with Crippen LogP contribution >= 0.6 is 0 Å². The van der Waals surface area contributed by atoms with Crippen LogP contribution in [0.15, 0.2) is 30.5 Å². The maximum Gasteiger partial charge on any atom is 0.339 e. The molecular weight excluding hydrogens is 239 g/mol. The number of carbonyl (C=O) groups is 1. The number of ether oxygens (including phenoxy) is 1. The average Bonchev–Trinajstić information content (AvgIpc) is 2.31. The number of rotatable bonds is 3. The molecule has 0 aliphatic rings. The topological polar surface area (TPSA) is 72.3 Å². The third-order valence-electron chi connectivity index (χ3n) is 2.15. The Balaban J connectivity index is 2.37. The van der Waals surface area contributed by atoms with Crippen LogP contribution in [0.3, 0.4) is 0 Å². The Hall–Kier alpha value is -2.50. The van der Waals surface area contributed by atoms with Crippen molar-refractivity contribution in [3.63, 3.8) is 0 Å². The molecule has 6 heteroatoms. The second kappa shape index (κ2) is 4.79. The van der Waals surface area contributed by atoms with E-state index < -0.39 is 11.8 Å². The van der Waals surface area contributed by atoms with Gasteiger partial charge in [0.25, 0.3) is 0 Å². The van der Waals surface area contributed by atoms with E-state index in [-0.39, 0.29) is 17.3 Å². The summed E-state index contributed by atoms with van der Waals surface area (Å²) in [7, 11) is 0. The third-order valence-corrected chi connectivity index (χ3v) is 2.15. The first-order valence-corrected chi connectivity index (χ1v) is 5.06. The van der Waals surface area contributed by atoms with Crippen LogP contribution in [0.25, 0.3) is 0 Å². The van der Waals surface area contributed by atoms with E-state index in [2.05, 4.69) is 9.97 Å². The van der Waals surface area contributed by atoms with E-state index >= 15 is 0 Å². The van der Waals surface area contributed by atoms with E-state index in [0.717, 1.165) is 12.1 Å². The molecule has 0 fully saturated rings. The summed E-state index contributed by atoms with van der Waals surface area (Å²) in [5, 5.41) is 8.94. The van der Waals surface area contributed by atoms with Gasteiger partial charge >= 0.3 is 12.0 Å². The van der Waals surface area contributed by atoms with Crippen molar-refractivity contribution in [2.75, 3.05) is 0 Å². The van der Waals surface area contributed by atoms with Crippen LogP contribution < -0.4 is 4.74 Å². The number of hydrogen-bond acceptors (Lipinski definition) is 4. The molecule has 0 atom stereocenters. The minimum Gasteiger partial charge on any atom is -0.478 e. The highest BCUT2D eigenvalue weighted by Crippen LogP contribution is 2.23. The first kappa shape index (κ1) is 12.0.